The molecule has 0 heteroatoms. The number of hydrogen-bond donors (Lipinski definition) is 0. The third kappa shape index (κ3) is 1.20. The first-order chi connectivity index (χ1) is 5.36. The van der Waals surface area contributed by atoms with Crippen molar-refractivity contribution in [1.29, 1.82) is 0 Å². The van der Waals surface area contributed by atoms with Crippen molar-refractivity contribution in [3.05, 3.63) is 0 Å². The molecule has 0 aromatic carbocycles. The van der Waals surface area contributed by atoms with Gasteiger partial charge >= 0.3 is 0 Å². The normalized spacial score (nSPS) is 41.0. The summed E-state index contributed by atoms with van der Waals surface area (Å²) in [5.74, 6) is 1.82. The second-order valence-electron chi connectivity index (χ2n) is 5.58. The predicted molar refractivity (Wildman–Crippen MR) is 55.1 cm³/mol. The van der Waals surface area contributed by atoms with Gasteiger partial charge in [0.1, 0.15) is 0 Å². The minimum Gasteiger partial charge on any atom is -0.0651 e. The van der Waals surface area contributed by atoms with Crippen molar-refractivity contribution in [2.45, 2.75) is 54.4 Å². The monoisotopic (exact) mass is 168 g/mol. The van der Waals surface area contributed by atoms with E-state index in [1.165, 1.54) is 12.8 Å². The molecule has 72 valence electrons. The van der Waals surface area contributed by atoms with Crippen LogP contribution in [0.15, 0.2) is 0 Å². The van der Waals surface area contributed by atoms with Crippen molar-refractivity contribution in [2.24, 2.45) is 22.7 Å². The van der Waals surface area contributed by atoms with E-state index in [0.717, 1.165) is 11.8 Å². The van der Waals surface area contributed by atoms with Crippen LogP contribution in [0.1, 0.15) is 54.4 Å². The van der Waals surface area contributed by atoms with Crippen molar-refractivity contribution in [3.8, 4) is 0 Å². The molecule has 0 aromatic rings. The molecule has 1 saturated carbocycles. The third-order valence-corrected chi connectivity index (χ3v) is 4.90. The maximum atomic E-state index is 2.46. The Kier molecular flexibility index (Phi) is 2.31. The van der Waals surface area contributed by atoms with E-state index in [2.05, 4.69) is 41.5 Å². The second-order valence-corrected chi connectivity index (χ2v) is 5.58. The highest BCUT2D eigenvalue weighted by Gasteiger charge is 2.64. The summed E-state index contributed by atoms with van der Waals surface area (Å²) in [5.41, 5.74) is 1.22. The Labute approximate surface area is 77.7 Å². The molecule has 3 unspecified atom stereocenters. The van der Waals surface area contributed by atoms with Gasteiger partial charge in [0.15, 0.2) is 0 Å². The van der Waals surface area contributed by atoms with Crippen molar-refractivity contribution < 1.29 is 0 Å². The molecule has 0 nitrogen and oxygen atoms in total. The fourth-order valence-electron chi connectivity index (χ4n) is 2.69. The molecular formula is C12H24. The zero-order valence-corrected chi connectivity index (χ0v) is 9.57. The Hall–Kier alpha value is 0. The van der Waals surface area contributed by atoms with Crippen LogP contribution >= 0.6 is 0 Å². The van der Waals surface area contributed by atoms with E-state index in [9.17, 15) is 0 Å². The summed E-state index contributed by atoms with van der Waals surface area (Å²) in [7, 11) is 0. The van der Waals surface area contributed by atoms with Crippen LogP contribution in [0, 0.1) is 22.7 Å². The first-order valence-electron chi connectivity index (χ1n) is 5.36. The number of hydrogen-bond acceptors (Lipinski definition) is 0. The lowest BCUT2D eigenvalue weighted by Crippen LogP contribution is -2.09. The maximum absolute atomic E-state index is 2.46. The zero-order chi connectivity index (χ0) is 9.57. The highest BCUT2D eigenvalue weighted by Crippen LogP contribution is 2.71. The summed E-state index contributed by atoms with van der Waals surface area (Å²) in [4.78, 5) is 0. The smallest absolute Gasteiger partial charge is 0.0238 e. The van der Waals surface area contributed by atoms with Gasteiger partial charge in [-0.15, -0.1) is 0 Å². The van der Waals surface area contributed by atoms with Crippen LogP contribution in [-0.2, 0) is 0 Å². The van der Waals surface area contributed by atoms with Gasteiger partial charge in [0.2, 0.25) is 0 Å². The van der Waals surface area contributed by atoms with Gasteiger partial charge in [0.25, 0.3) is 0 Å². The Morgan fingerprint density at radius 2 is 1.67 bits per heavy atom. The molecule has 0 spiro atoms. The molecule has 1 aliphatic rings. The van der Waals surface area contributed by atoms with Gasteiger partial charge in [0, 0.05) is 0 Å². The van der Waals surface area contributed by atoms with E-state index in [1.54, 1.807) is 0 Å². The topological polar surface area (TPSA) is 0 Å². The molecule has 3 atom stereocenters. The Morgan fingerprint density at radius 1 is 1.25 bits per heavy atom. The fourth-order valence-corrected chi connectivity index (χ4v) is 2.69. The lowest BCUT2D eigenvalue weighted by atomic mass is 9.87. The molecule has 0 aliphatic heterocycles. The average molecular weight is 168 g/mol. The Bertz CT molecular complexity index is 169. The molecule has 0 aromatic heterocycles. The molecule has 0 radical (unpaired) electrons. The van der Waals surface area contributed by atoms with Crippen LogP contribution in [0.2, 0.25) is 0 Å². The van der Waals surface area contributed by atoms with E-state index >= 15 is 0 Å². The molecule has 1 fully saturated rings. The highest BCUT2D eigenvalue weighted by atomic mass is 14.7. The van der Waals surface area contributed by atoms with Gasteiger partial charge in [-0.2, -0.15) is 0 Å². The fraction of sp³-hybridized carbons (Fsp3) is 1.00. The van der Waals surface area contributed by atoms with Crippen LogP contribution in [0.4, 0.5) is 0 Å². The van der Waals surface area contributed by atoms with Crippen LogP contribution in [0.3, 0.4) is 0 Å². The Balaban J connectivity index is 2.54. The molecule has 1 rings (SSSR count). The van der Waals surface area contributed by atoms with E-state index in [0.29, 0.717) is 10.8 Å². The minimum absolute atomic E-state index is 0.594. The maximum Gasteiger partial charge on any atom is -0.0238 e. The van der Waals surface area contributed by atoms with Crippen molar-refractivity contribution in [2.75, 3.05) is 0 Å². The van der Waals surface area contributed by atoms with E-state index in [-0.39, 0.29) is 0 Å². The largest absolute Gasteiger partial charge is 0.0651 e. The minimum atomic E-state index is 0.594. The molecule has 0 saturated heterocycles. The molecule has 1 aliphatic carbocycles. The summed E-state index contributed by atoms with van der Waals surface area (Å²) in [6, 6.07) is 0. The van der Waals surface area contributed by atoms with Gasteiger partial charge < -0.3 is 0 Å². The first kappa shape index (κ1) is 10.1. The summed E-state index contributed by atoms with van der Waals surface area (Å²) >= 11 is 0. The summed E-state index contributed by atoms with van der Waals surface area (Å²) < 4.78 is 0. The van der Waals surface area contributed by atoms with Crippen LogP contribution in [0.25, 0.3) is 0 Å². The van der Waals surface area contributed by atoms with Crippen molar-refractivity contribution >= 4 is 0 Å². The van der Waals surface area contributed by atoms with Gasteiger partial charge in [-0.1, -0.05) is 48.0 Å². The quantitative estimate of drug-likeness (QED) is 0.595. The summed E-state index contributed by atoms with van der Waals surface area (Å²) in [6.07, 6.45) is 2.75. The molecule has 0 amide bonds. The van der Waals surface area contributed by atoms with Gasteiger partial charge in [-0.05, 0) is 29.1 Å². The standard InChI is InChI=1S/C12H24/c1-7-9(2)8-12(6)10(3)11(12,4)5/h9-10H,7-8H2,1-6H3. The van der Waals surface area contributed by atoms with Gasteiger partial charge in [0.05, 0.1) is 0 Å². The van der Waals surface area contributed by atoms with Crippen LogP contribution in [0.5, 0.6) is 0 Å². The second kappa shape index (κ2) is 2.75. The first-order valence-corrected chi connectivity index (χ1v) is 5.36. The molecular weight excluding hydrogens is 144 g/mol. The van der Waals surface area contributed by atoms with Crippen molar-refractivity contribution in [1.82, 2.24) is 0 Å². The third-order valence-electron chi connectivity index (χ3n) is 4.90. The highest BCUT2D eigenvalue weighted by molar-refractivity contribution is 5.12. The predicted octanol–water partition coefficient (Wildman–Crippen LogP) is 4.10. The lowest BCUT2D eigenvalue weighted by Gasteiger charge is -2.18. The molecule has 0 N–H and O–H groups in total. The summed E-state index contributed by atoms with van der Waals surface area (Å²) in [5, 5.41) is 0. The molecule has 0 heterocycles. The zero-order valence-electron chi connectivity index (χ0n) is 9.57. The molecule has 12 heavy (non-hydrogen) atoms. The number of rotatable bonds is 3. The van der Waals surface area contributed by atoms with Gasteiger partial charge in [-0.3, -0.25) is 0 Å². The lowest BCUT2D eigenvalue weighted by molar-refractivity contribution is 0.318. The average Bonchev–Trinajstić information content (AvgIpc) is 2.35. The van der Waals surface area contributed by atoms with Crippen molar-refractivity contribution in [3.63, 3.8) is 0 Å². The summed E-state index contributed by atoms with van der Waals surface area (Å²) in [6.45, 7) is 14.4. The van der Waals surface area contributed by atoms with E-state index in [1.807, 2.05) is 0 Å². The Morgan fingerprint density at radius 3 is 1.92 bits per heavy atom. The van der Waals surface area contributed by atoms with Crippen LogP contribution < -0.4 is 0 Å². The van der Waals surface area contributed by atoms with E-state index in [4.69, 9.17) is 0 Å². The van der Waals surface area contributed by atoms with E-state index < -0.39 is 0 Å². The molecule has 0 bridgehead atoms. The van der Waals surface area contributed by atoms with Gasteiger partial charge in [-0.25, -0.2) is 0 Å². The SMILES string of the molecule is CCC(C)CC1(C)C(C)C1(C)C. The van der Waals surface area contributed by atoms with Crippen LogP contribution in [-0.4, -0.2) is 0 Å².